The molecule has 1 aliphatic rings. The van der Waals surface area contributed by atoms with E-state index in [9.17, 15) is 8.42 Å². The van der Waals surface area contributed by atoms with E-state index in [0.717, 1.165) is 11.5 Å². The van der Waals surface area contributed by atoms with Gasteiger partial charge in [0.05, 0.1) is 12.4 Å². The molecule has 0 saturated carbocycles. The lowest BCUT2D eigenvalue weighted by atomic mass is 10.4. The molecule has 2 heterocycles. The van der Waals surface area contributed by atoms with E-state index in [1.54, 1.807) is 11.8 Å². The average Bonchev–Trinajstić information content (AvgIpc) is 2.40. The van der Waals surface area contributed by atoms with Gasteiger partial charge in [-0.05, 0) is 13.8 Å². The van der Waals surface area contributed by atoms with E-state index in [1.807, 2.05) is 13.8 Å². The van der Waals surface area contributed by atoms with Crippen LogP contribution in [0.2, 0.25) is 0 Å². The number of hydrogen-bond acceptors (Lipinski definition) is 6. The number of nitrogens with one attached hydrogen (secondary N) is 1. The molecule has 1 atom stereocenters. The van der Waals surface area contributed by atoms with Crippen LogP contribution in [0, 0.1) is 0 Å². The number of sulfonamides is 1. The maximum absolute atomic E-state index is 12.5. The fourth-order valence-electron chi connectivity index (χ4n) is 1.90. The molecule has 0 amide bonds. The van der Waals surface area contributed by atoms with Crippen LogP contribution >= 0.6 is 11.8 Å². The Balaban J connectivity index is 2.23. The van der Waals surface area contributed by atoms with Crippen molar-refractivity contribution in [1.29, 1.82) is 0 Å². The molecule has 1 fully saturated rings. The smallest absolute Gasteiger partial charge is 0.246 e. The van der Waals surface area contributed by atoms with Crippen LogP contribution in [-0.4, -0.2) is 53.3 Å². The molecule has 1 aromatic heterocycles. The van der Waals surface area contributed by atoms with Gasteiger partial charge in [0.1, 0.15) is 4.90 Å². The molecule has 0 bridgehead atoms. The van der Waals surface area contributed by atoms with Crippen LogP contribution < -0.4 is 5.32 Å². The van der Waals surface area contributed by atoms with E-state index in [-0.39, 0.29) is 10.9 Å². The van der Waals surface area contributed by atoms with Gasteiger partial charge in [0.2, 0.25) is 16.0 Å². The Morgan fingerprint density at radius 3 is 2.74 bits per heavy atom. The van der Waals surface area contributed by atoms with Crippen molar-refractivity contribution in [2.75, 3.05) is 29.9 Å². The predicted octanol–water partition coefficient (Wildman–Crippen LogP) is 1.03. The van der Waals surface area contributed by atoms with Gasteiger partial charge in [-0.1, -0.05) is 0 Å². The molecule has 2 rings (SSSR count). The van der Waals surface area contributed by atoms with E-state index in [0.29, 0.717) is 19.0 Å². The van der Waals surface area contributed by atoms with Crippen molar-refractivity contribution in [3.8, 4) is 0 Å². The van der Waals surface area contributed by atoms with Crippen molar-refractivity contribution >= 4 is 27.7 Å². The minimum atomic E-state index is -3.48. The van der Waals surface area contributed by atoms with Crippen LogP contribution in [-0.2, 0) is 10.0 Å². The van der Waals surface area contributed by atoms with Gasteiger partial charge in [0, 0.05) is 30.6 Å². The Hall–Kier alpha value is -0.860. The maximum Gasteiger partial charge on any atom is 0.246 e. The lowest BCUT2D eigenvalue weighted by Crippen LogP contribution is -2.44. The van der Waals surface area contributed by atoms with Gasteiger partial charge in [-0.3, -0.25) is 0 Å². The molecule has 1 N–H and O–H groups in total. The van der Waals surface area contributed by atoms with Crippen LogP contribution in [0.1, 0.15) is 13.8 Å². The molecule has 19 heavy (non-hydrogen) atoms. The molecule has 0 aromatic carbocycles. The Morgan fingerprint density at radius 1 is 1.47 bits per heavy atom. The standard InChI is InChI=1S/C11H18N4O2S2/c1-3-12-11-13-6-10(7-14-11)19(16,17)15-4-5-18-8-9(15)2/h6-7,9H,3-5,8H2,1-2H3,(H,12,13,14). The fourth-order valence-corrected chi connectivity index (χ4v) is 4.65. The lowest BCUT2D eigenvalue weighted by Gasteiger charge is -2.31. The first-order valence-electron chi connectivity index (χ1n) is 6.21. The highest BCUT2D eigenvalue weighted by molar-refractivity contribution is 7.99. The van der Waals surface area contributed by atoms with Gasteiger partial charge in [0.25, 0.3) is 0 Å². The Kier molecular flexibility index (Phi) is 4.64. The Morgan fingerprint density at radius 2 is 2.16 bits per heavy atom. The second-order valence-corrected chi connectivity index (χ2v) is 7.35. The molecule has 8 heteroatoms. The van der Waals surface area contributed by atoms with Crippen LogP contribution in [0.5, 0.6) is 0 Å². The number of anilines is 1. The van der Waals surface area contributed by atoms with E-state index in [1.165, 1.54) is 16.7 Å². The molecule has 1 aromatic rings. The largest absolute Gasteiger partial charge is 0.355 e. The summed E-state index contributed by atoms with van der Waals surface area (Å²) < 4.78 is 26.5. The third-order valence-electron chi connectivity index (χ3n) is 2.88. The predicted molar refractivity (Wildman–Crippen MR) is 76.9 cm³/mol. The first kappa shape index (κ1) is 14.5. The molecule has 0 spiro atoms. The highest BCUT2D eigenvalue weighted by Gasteiger charge is 2.31. The summed E-state index contributed by atoms with van der Waals surface area (Å²) in [4.78, 5) is 8.20. The van der Waals surface area contributed by atoms with Gasteiger partial charge >= 0.3 is 0 Å². The highest BCUT2D eigenvalue weighted by atomic mass is 32.2. The molecule has 1 unspecified atom stereocenters. The third kappa shape index (κ3) is 3.18. The summed E-state index contributed by atoms with van der Waals surface area (Å²) in [7, 11) is -3.48. The molecular weight excluding hydrogens is 284 g/mol. The highest BCUT2D eigenvalue weighted by Crippen LogP contribution is 2.23. The first-order valence-corrected chi connectivity index (χ1v) is 8.80. The van der Waals surface area contributed by atoms with Crippen molar-refractivity contribution < 1.29 is 8.42 Å². The quantitative estimate of drug-likeness (QED) is 0.895. The zero-order valence-electron chi connectivity index (χ0n) is 11.0. The molecule has 1 saturated heterocycles. The molecule has 6 nitrogen and oxygen atoms in total. The Bertz CT molecular complexity index is 518. The van der Waals surface area contributed by atoms with Gasteiger partial charge < -0.3 is 5.32 Å². The third-order valence-corrected chi connectivity index (χ3v) is 6.03. The van der Waals surface area contributed by atoms with Crippen molar-refractivity contribution in [3.05, 3.63) is 12.4 Å². The van der Waals surface area contributed by atoms with E-state index in [4.69, 9.17) is 0 Å². The second kappa shape index (κ2) is 6.06. The fraction of sp³-hybridized carbons (Fsp3) is 0.636. The maximum atomic E-state index is 12.5. The Labute approximate surface area is 118 Å². The number of aromatic nitrogens is 2. The van der Waals surface area contributed by atoms with E-state index >= 15 is 0 Å². The van der Waals surface area contributed by atoms with Crippen LogP contribution in [0.4, 0.5) is 5.95 Å². The van der Waals surface area contributed by atoms with Crippen molar-refractivity contribution in [2.24, 2.45) is 0 Å². The topological polar surface area (TPSA) is 75.2 Å². The van der Waals surface area contributed by atoms with Crippen molar-refractivity contribution in [1.82, 2.24) is 14.3 Å². The summed E-state index contributed by atoms with van der Waals surface area (Å²) in [6.45, 7) is 5.11. The number of nitrogens with zero attached hydrogens (tertiary/aromatic N) is 3. The van der Waals surface area contributed by atoms with Gasteiger partial charge in [0.15, 0.2) is 0 Å². The van der Waals surface area contributed by atoms with Gasteiger partial charge in [-0.15, -0.1) is 0 Å². The van der Waals surface area contributed by atoms with E-state index < -0.39 is 10.0 Å². The molecule has 0 radical (unpaired) electrons. The normalized spacial score (nSPS) is 21.3. The monoisotopic (exact) mass is 302 g/mol. The van der Waals surface area contributed by atoms with Crippen LogP contribution in [0.25, 0.3) is 0 Å². The van der Waals surface area contributed by atoms with Gasteiger partial charge in [-0.2, -0.15) is 16.1 Å². The van der Waals surface area contributed by atoms with Crippen LogP contribution in [0.3, 0.4) is 0 Å². The average molecular weight is 302 g/mol. The summed E-state index contributed by atoms with van der Waals surface area (Å²) in [6, 6.07) is 0.0113. The summed E-state index contributed by atoms with van der Waals surface area (Å²) >= 11 is 1.78. The molecule has 1 aliphatic heterocycles. The molecule has 106 valence electrons. The minimum Gasteiger partial charge on any atom is -0.355 e. The zero-order chi connectivity index (χ0) is 13.9. The summed E-state index contributed by atoms with van der Waals surface area (Å²) in [5, 5.41) is 2.94. The van der Waals surface area contributed by atoms with E-state index in [2.05, 4.69) is 15.3 Å². The SMILES string of the molecule is CCNc1ncc(S(=O)(=O)N2CCSCC2C)cn1. The van der Waals surface area contributed by atoms with Gasteiger partial charge in [-0.25, -0.2) is 18.4 Å². The summed E-state index contributed by atoms with van der Waals surface area (Å²) in [5.41, 5.74) is 0. The number of hydrogen-bond donors (Lipinski definition) is 1. The minimum absolute atomic E-state index is 0.0113. The number of rotatable bonds is 4. The lowest BCUT2D eigenvalue weighted by molar-refractivity contribution is 0.367. The first-order chi connectivity index (χ1) is 9.05. The van der Waals surface area contributed by atoms with Crippen LogP contribution in [0.15, 0.2) is 17.3 Å². The van der Waals surface area contributed by atoms with Crippen molar-refractivity contribution in [3.63, 3.8) is 0 Å². The summed E-state index contributed by atoms with van der Waals surface area (Å²) in [5.74, 6) is 2.11. The molecule has 0 aliphatic carbocycles. The number of thioether (sulfide) groups is 1. The van der Waals surface area contributed by atoms with Crippen molar-refractivity contribution in [2.45, 2.75) is 24.8 Å². The second-order valence-electron chi connectivity index (χ2n) is 4.31. The zero-order valence-corrected chi connectivity index (χ0v) is 12.7. The summed E-state index contributed by atoms with van der Waals surface area (Å²) in [6.07, 6.45) is 2.74. The molecular formula is C11H18N4O2S2.